The maximum absolute atomic E-state index is 12.9. The Bertz CT molecular complexity index is 861. The van der Waals surface area contributed by atoms with Crippen molar-refractivity contribution in [3.8, 4) is 0 Å². The Morgan fingerprint density at radius 1 is 1.04 bits per heavy atom. The molecule has 0 heterocycles. The summed E-state index contributed by atoms with van der Waals surface area (Å²) in [5.41, 5.74) is 2.37. The quantitative estimate of drug-likeness (QED) is 0.370. The maximum Gasteiger partial charge on any atom is 0.437 e. The van der Waals surface area contributed by atoms with Crippen molar-refractivity contribution in [1.82, 2.24) is 0 Å². The molecular weight excluding hydrogens is 376 g/mol. The topological polar surface area (TPSA) is 67.8 Å². The number of carbonyl (C=O) groups excluding carboxylic acids is 2. The van der Waals surface area contributed by atoms with Crippen molar-refractivity contribution in [2.75, 3.05) is 5.32 Å². The van der Waals surface area contributed by atoms with Gasteiger partial charge in [-0.05, 0) is 47.6 Å². The van der Waals surface area contributed by atoms with E-state index in [9.17, 15) is 9.59 Å². The van der Waals surface area contributed by atoms with Gasteiger partial charge in [-0.15, -0.1) is 0 Å². The average molecular weight is 403 g/mol. The number of allylic oxidation sites excluding steroid dienone is 4. The van der Waals surface area contributed by atoms with Crippen LogP contribution in [0.1, 0.15) is 47.1 Å². The number of ketones is 1. The number of hydrogen-bond acceptors (Lipinski definition) is 4. The minimum Gasteiger partial charge on any atom is -0.297 e. The first-order valence-corrected chi connectivity index (χ1v) is 9.48. The van der Waals surface area contributed by atoms with Gasteiger partial charge >= 0.3 is 6.09 Å². The normalized spacial score (nSPS) is 15.0. The maximum atomic E-state index is 12.9. The van der Waals surface area contributed by atoms with Crippen molar-refractivity contribution in [3.05, 3.63) is 52.1 Å². The zero-order valence-corrected chi connectivity index (χ0v) is 18.2. The van der Waals surface area contributed by atoms with Gasteiger partial charge in [-0.3, -0.25) is 14.9 Å². The van der Waals surface area contributed by atoms with Gasteiger partial charge in [-0.1, -0.05) is 64.4 Å². The van der Waals surface area contributed by atoms with Crippen LogP contribution in [0.3, 0.4) is 0 Å². The molecule has 0 saturated heterocycles. The first kappa shape index (κ1) is 21.9. The van der Waals surface area contributed by atoms with Gasteiger partial charge < -0.3 is 0 Å². The van der Waals surface area contributed by atoms with E-state index in [1.165, 1.54) is 0 Å². The van der Waals surface area contributed by atoms with Crippen LogP contribution in [0.5, 0.6) is 0 Å². The van der Waals surface area contributed by atoms with Crippen LogP contribution in [0.15, 0.2) is 46.7 Å². The van der Waals surface area contributed by atoms with Crippen LogP contribution in [0.4, 0.5) is 10.5 Å². The van der Waals surface area contributed by atoms with E-state index >= 15 is 0 Å². The summed E-state index contributed by atoms with van der Waals surface area (Å²) >= 11 is 6.11. The van der Waals surface area contributed by atoms with E-state index in [0.29, 0.717) is 27.6 Å². The minimum atomic E-state index is -0.758. The molecule has 5 nitrogen and oxygen atoms in total. The van der Waals surface area contributed by atoms with Crippen LogP contribution in [0.25, 0.3) is 0 Å². The zero-order valence-electron chi connectivity index (χ0n) is 17.4. The molecule has 1 aliphatic rings. The molecule has 0 radical (unpaired) electrons. The molecule has 0 saturated carbocycles. The number of Topliss-reactive ketones (excluding diaryl/α,β-unsaturated/α-hetero) is 1. The van der Waals surface area contributed by atoms with Crippen molar-refractivity contribution in [2.45, 2.75) is 48.5 Å². The minimum absolute atomic E-state index is 0.00478. The van der Waals surface area contributed by atoms with E-state index in [1.807, 2.05) is 54.5 Å². The van der Waals surface area contributed by atoms with Crippen LogP contribution in [0.2, 0.25) is 5.02 Å². The smallest absolute Gasteiger partial charge is 0.297 e. The van der Waals surface area contributed by atoms with Gasteiger partial charge in [0.1, 0.15) is 5.71 Å². The lowest BCUT2D eigenvalue weighted by atomic mass is 9.72. The SMILES string of the molecule is Cc1ccc(NC(=O)ON=C2C=C(C(C)(C)C)C(=O)C(C(C)(C)C)=C2)c(Cl)c1. The van der Waals surface area contributed by atoms with Crippen molar-refractivity contribution in [1.29, 1.82) is 0 Å². The number of amides is 1. The number of anilines is 1. The summed E-state index contributed by atoms with van der Waals surface area (Å²) in [7, 11) is 0. The van der Waals surface area contributed by atoms with E-state index in [0.717, 1.165) is 5.56 Å². The second kappa shape index (κ2) is 7.92. The highest BCUT2D eigenvalue weighted by atomic mass is 35.5. The second-order valence-electron chi connectivity index (χ2n) is 8.95. The molecule has 0 aromatic heterocycles. The second-order valence-corrected chi connectivity index (χ2v) is 9.36. The van der Waals surface area contributed by atoms with Crippen LogP contribution in [-0.2, 0) is 9.63 Å². The fraction of sp³-hybridized carbons (Fsp3) is 0.409. The molecule has 0 bridgehead atoms. The fourth-order valence-corrected chi connectivity index (χ4v) is 3.01. The van der Waals surface area contributed by atoms with Gasteiger partial charge in [-0.25, -0.2) is 4.79 Å². The summed E-state index contributed by atoms with van der Waals surface area (Å²) in [5.74, 6) is -0.00478. The zero-order chi connectivity index (χ0) is 21.3. The number of hydrogen-bond donors (Lipinski definition) is 1. The highest BCUT2D eigenvalue weighted by Crippen LogP contribution is 2.37. The molecule has 1 N–H and O–H groups in total. The summed E-state index contributed by atoms with van der Waals surface area (Å²) in [6.45, 7) is 13.7. The van der Waals surface area contributed by atoms with Crippen LogP contribution in [0, 0.1) is 17.8 Å². The predicted molar refractivity (Wildman–Crippen MR) is 114 cm³/mol. The largest absolute Gasteiger partial charge is 0.437 e. The van der Waals surface area contributed by atoms with Crippen LogP contribution >= 0.6 is 11.6 Å². The molecule has 0 aliphatic heterocycles. The summed E-state index contributed by atoms with van der Waals surface area (Å²) in [6.07, 6.45) is 2.58. The van der Waals surface area contributed by atoms with Crippen LogP contribution < -0.4 is 5.32 Å². The third-order valence-electron chi connectivity index (χ3n) is 4.29. The van der Waals surface area contributed by atoms with E-state index in [2.05, 4.69) is 10.5 Å². The van der Waals surface area contributed by atoms with Gasteiger partial charge in [0.2, 0.25) is 0 Å². The van der Waals surface area contributed by atoms with Gasteiger partial charge in [0, 0.05) is 11.1 Å². The van der Waals surface area contributed by atoms with E-state index in [4.69, 9.17) is 16.4 Å². The third kappa shape index (κ3) is 5.32. The average Bonchev–Trinajstić information content (AvgIpc) is 2.54. The molecule has 0 atom stereocenters. The molecule has 1 aromatic carbocycles. The summed E-state index contributed by atoms with van der Waals surface area (Å²) in [6, 6.07) is 5.27. The molecule has 2 rings (SSSR count). The number of nitrogens with zero attached hydrogens (tertiary/aromatic N) is 1. The Kier molecular flexibility index (Phi) is 6.19. The molecule has 150 valence electrons. The van der Waals surface area contributed by atoms with Gasteiger partial charge in [0.25, 0.3) is 0 Å². The number of rotatable bonds is 2. The van der Waals surface area contributed by atoms with E-state index in [1.54, 1.807) is 24.3 Å². The predicted octanol–water partition coefficient (Wildman–Crippen LogP) is 6.08. The number of carbonyl (C=O) groups is 2. The monoisotopic (exact) mass is 402 g/mol. The number of oxime groups is 1. The summed E-state index contributed by atoms with van der Waals surface area (Å²) in [5, 5.41) is 6.92. The number of nitrogens with one attached hydrogen (secondary N) is 1. The molecule has 1 aliphatic carbocycles. The Morgan fingerprint density at radius 2 is 1.57 bits per heavy atom. The fourth-order valence-electron chi connectivity index (χ4n) is 2.73. The lowest BCUT2D eigenvalue weighted by Crippen LogP contribution is -2.29. The Labute approximate surface area is 171 Å². The first-order chi connectivity index (χ1) is 12.8. The lowest BCUT2D eigenvalue weighted by Gasteiger charge is -2.30. The van der Waals surface area contributed by atoms with Gasteiger partial charge in [0.15, 0.2) is 5.78 Å². The highest BCUT2D eigenvalue weighted by Gasteiger charge is 2.34. The Hall–Kier alpha value is -2.40. The third-order valence-corrected chi connectivity index (χ3v) is 4.60. The molecule has 0 fully saturated rings. The molecule has 0 unspecified atom stereocenters. The standard InChI is InChI=1S/C22H27ClN2O3/c1-13-8-9-18(17(23)10-13)24-20(27)28-25-14-11-15(21(2,3)4)19(26)16(12-14)22(5,6)7/h8-12H,1-7H3,(H,24,27). The molecule has 28 heavy (non-hydrogen) atoms. The number of aryl methyl sites for hydroxylation is 1. The van der Waals surface area contributed by atoms with Crippen molar-refractivity contribution in [2.24, 2.45) is 16.0 Å². The molecule has 1 amide bonds. The van der Waals surface area contributed by atoms with Gasteiger partial charge in [-0.2, -0.15) is 0 Å². The van der Waals surface area contributed by atoms with Crippen molar-refractivity contribution >= 4 is 34.9 Å². The highest BCUT2D eigenvalue weighted by molar-refractivity contribution is 6.33. The Morgan fingerprint density at radius 3 is 2.04 bits per heavy atom. The molecule has 0 spiro atoms. The van der Waals surface area contributed by atoms with E-state index in [-0.39, 0.29) is 16.6 Å². The molecule has 6 heteroatoms. The van der Waals surface area contributed by atoms with E-state index < -0.39 is 6.09 Å². The summed E-state index contributed by atoms with van der Waals surface area (Å²) < 4.78 is 0. The molecule has 1 aromatic rings. The Balaban J connectivity index is 2.26. The number of benzene rings is 1. The summed E-state index contributed by atoms with van der Waals surface area (Å²) in [4.78, 5) is 30.0. The molecular formula is C22H27ClN2O3. The van der Waals surface area contributed by atoms with Gasteiger partial charge in [0.05, 0.1) is 10.7 Å². The van der Waals surface area contributed by atoms with Crippen molar-refractivity contribution in [3.63, 3.8) is 0 Å². The first-order valence-electron chi connectivity index (χ1n) is 9.10. The van der Waals surface area contributed by atoms with Crippen molar-refractivity contribution < 1.29 is 14.4 Å². The lowest BCUT2D eigenvalue weighted by molar-refractivity contribution is -0.114. The van der Waals surface area contributed by atoms with Crippen LogP contribution in [-0.4, -0.2) is 17.6 Å². The number of halogens is 1.